The van der Waals surface area contributed by atoms with Crippen molar-refractivity contribution in [1.82, 2.24) is 14.3 Å². The first-order valence-corrected chi connectivity index (χ1v) is 7.46. The largest absolute Gasteiger partial charge is 0.308 e. The molecular weight excluding hydrogens is 262 g/mol. The minimum absolute atomic E-state index is 0.104. The molecule has 0 spiro atoms. The van der Waals surface area contributed by atoms with Gasteiger partial charge in [0.05, 0.1) is 12.2 Å². The van der Waals surface area contributed by atoms with E-state index in [4.69, 9.17) is 0 Å². The summed E-state index contributed by atoms with van der Waals surface area (Å²) in [5.74, 6) is 0.230. The highest BCUT2D eigenvalue weighted by atomic mass is 16.1. The van der Waals surface area contributed by atoms with Crippen LogP contribution in [0.1, 0.15) is 31.0 Å². The Morgan fingerprint density at radius 3 is 2.29 bits per heavy atom. The van der Waals surface area contributed by atoms with E-state index in [1.54, 1.807) is 0 Å². The maximum absolute atomic E-state index is 12.8. The molecule has 0 aliphatic rings. The van der Waals surface area contributed by atoms with Crippen molar-refractivity contribution in [2.45, 2.75) is 33.2 Å². The number of rotatable bonds is 5. The monoisotopic (exact) mass is 287 g/mol. The highest BCUT2D eigenvalue weighted by Crippen LogP contribution is 2.18. The second-order valence-corrected chi connectivity index (χ2v) is 6.03. The standard InChI is InChI=1S/C17H25N3O/c1-13(2)16-14(3)19(12-11-18(4)5)20(17(16)21)15-9-7-6-8-10-15/h6-10,13H,11-12H2,1-5H3. The molecule has 4 nitrogen and oxygen atoms in total. The zero-order chi connectivity index (χ0) is 15.6. The molecule has 0 saturated carbocycles. The minimum Gasteiger partial charge on any atom is -0.308 e. The topological polar surface area (TPSA) is 30.2 Å². The Kier molecular flexibility index (Phi) is 4.68. The Hall–Kier alpha value is -1.81. The number of hydrogen-bond donors (Lipinski definition) is 0. The number of likely N-dealkylation sites (N-methyl/N-ethyl adjacent to an activating group) is 1. The quantitative estimate of drug-likeness (QED) is 0.846. The lowest BCUT2D eigenvalue weighted by atomic mass is 10.0. The molecule has 0 atom stereocenters. The van der Waals surface area contributed by atoms with Crippen molar-refractivity contribution in [1.29, 1.82) is 0 Å². The van der Waals surface area contributed by atoms with Crippen LogP contribution in [0.4, 0.5) is 0 Å². The first-order valence-electron chi connectivity index (χ1n) is 7.46. The molecule has 114 valence electrons. The number of aromatic nitrogens is 2. The summed E-state index contributed by atoms with van der Waals surface area (Å²) in [5.41, 5.74) is 3.02. The summed E-state index contributed by atoms with van der Waals surface area (Å²) in [6.07, 6.45) is 0. The van der Waals surface area contributed by atoms with Crippen LogP contribution in [-0.4, -0.2) is 34.9 Å². The van der Waals surface area contributed by atoms with Gasteiger partial charge in [0, 0.05) is 17.8 Å². The predicted octanol–water partition coefficient (Wildman–Crippen LogP) is 2.63. The van der Waals surface area contributed by atoms with Crippen LogP contribution in [0.25, 0.3) is 5.69 Å². The van der Waals surface area contributed by atoms with E-state index in [1.807, 2.05) is 56.0 Å². The molecule has 0 bridgehead atoms. The van der Waals surface area contributed by atoms with E-state index in [0.717, 1.165) is 30.0 Å². The fourth-order valence-corrected chi connectivity index (χ4v) is 2.72. The first kappa shape index (κ1) is 15.6. The third kappa shape index (κ3) is 3.10. The van der Waals surface area contributed by atoms with Crippen LogP contribution in [0.5, 0.6) is 0 Å². The van der Waals surface area contributed by atoms with Crippen LogP contribution in [0.2, 0.25) is 0 Å². The maximum Gasteiger partial charge on any atom is 0.275 e. The first-order chi connectivity index (χ1) is 9.93. The average Bonchev–Trinajstić information content (AvgIpc) is 2.68. The molecule has 1 aromatic heterocycles. The Morgan fingerprint density at radius 2 is 1.76 bits per heavy atom. The van der Waals surface area contributed by atoms with Gasteiger partial charge in [-0.2, -0.15) is 0 Å². The molecular formula is C17H25N3O. The third-order valence-corrected chi connectivity index (χ3v) is 3.78. The van der Waals surface area contributed by atoms with Gasteiger partial charge in [-0.25, -0.2) is 4.68 Å². The lowest BCUT2D eigenvalue weighted by molar-refractivity contribution is 0.360. The van der Waals surface area contributed by atoms with E-state index in [0.29, 0.717) is 0 Å². The molecule has 2 rings (SSSR count). The smallest absolute Gasteiger partial charge is 0.275 e. The molecule has 0 unspecified atom stereocenters. The van der Waals surface area contributed by atoms with Gasteiger partial charge >= 0.3 is 0 Å². The van der Waals surface area contributed by atoms with Gasteiger partial charge < -0.3 is 4.90 Å². The van der Waals surface area contributed by atoms with E-state index in [-0.39, 0.29) is 11.5 Å². The molecule has 0 aliphatic heterocycles. The molecule has 4 heteroatoms. The fraction of sp³-hybridized carbons (Fsp3) is 0.471. The lowest BCUT2D eigenvalue weighted by Gasteiger charge is -2.16. The van der Waals surface area contributed by atoms with E-state index in [1.165, 1.54) is 0 Å². The van der Waals surface area contributed by atoms with Gasteiger partial charge in [0.15, 0.2) is 0 Å². The highest BCUT2D eigenvalue weighted by Gasteiger charge is 2.19. The molecule has 0 radical (unpaired) electrons. The molecule has 0 aliphatic carbocycles. The summed E-state index contributed by atoms with van der Waals surface area (Å²) < 4.78 is 3.92. The van der Waals surface area contributed by atoms with Crippen LogP contribution < -0.4 is 5.56 Å². The van der Waals surface area contributed by atoms with Crippen LogP contribution in [0, 0.1) is 6.92 Å². The molecule has 2 aromatic rings. The SMILES string of the molecule is Cc1c(C(C)C)c(=O)n(-c2ccccc2)n1CCN(C)C. The Bertz CT molecular complexity index is 651. The molecule has 0 saturated heterocycles. The Balaban J connectivity index is 2.61. The van der Waals surface area contributed by atoms with Gasteiger partial charge in [-0.3, -0.25) is 9.48 Å². The predicted molar refractivity (Wildman–Crippen MR) is 87.4 cm³/mol. The van der Waals surface area contributed by atoms with Gasteiger partial charge in [0.2, 0.25) is 0 Å². The Labute approximate surface area is 126 Å². The van der Waals surface area contributed by atoms with Crippen molar-refractivity contribution >= 4 is 0 Å². The maximum atomic E-state index is 12.8. The molecule has 1 aromatic carbocycles. The van der Waals surface area contributed by atoms with Crippen molar-refractivity contribution in [2.75, 3.05) is 20.6 Å². The van der Waals surface area contributed by atoms with Gasteiger partial charge in [-0.1, -0.05) is 32.0 Å². The van der Waals surface area contributed by atoms with Gasteiger partial charge in [0.25, 0.3) is 5.56 Å². The van der Waals surface area contributed by atoms with Crippen molar-refractivity contribution in [2.24, 2.45) is 0 Å². The highest BCUT2D eigenvalue weighted by molar-refractivity contribution is 5.34. The summed E-state index contributed by atoms with van der Waals surface area (Å²) in [6, 6.07) is 9.87. The molecule has 1 heterocycles. The van der Waals surface area contributed by atoms with E-state index < -0.39 is 0 Å². The van der Waals surface area contributed by atoms with Crippen molar-refractivity contribution in [3.05, 3.63) is 51.9 Å². The number of hydrogen-bond acceptors (Lipinski definition) is 2. The molecule has 0 N–H and O–H groups in total. The summed E-state index contributed by atoms with van der Waals surface area (Å²) in [7, 11) is 4.10. The number of nitrogens with zero attached hydrogens (tertiary/aromatic N) is 3. The minimum atomic E-state index is 0.104. The number of para-hydroxylation sites is 1. The third-order valence-electron chi connectivity index (χ3n) is 3.78. The summed E-state index contributed by atoms with van der Waals surface area (Å²) in [4.78, 5) is 15.0. The molecule has 21 heavy (non-hydrogen) atoms. The van der Waals surface area contributed by atoms with Crippen molar-refractivity contribution in [3.8, 4) is 5.69 Å². The zero-order valence-electron chi connectivity index (χ0n) is 13.6. The van der Waals surface area contributed by atoms with Gasteiger partial charge in [-0.15, -0.1) is 0 Å². The number of benzene rings is 1. The molecule has 0 fully saturated rings. The van der Waals surface area contributed by atoms with Gasteiger partial charge in [0.1, 0.15) is 0 Å². The second-order valence-electron chi connectivity index (χ2n) is 6.03. The van der Waals surface area contributed by atoms with E-state index in [9.17, 15) is 4.79 Å². The normalized spacial score (nSPS) is 11.6. The summed E-state index contributed by atoms with van der Waals surface area (Å²) in [6.45, 7) is 7.91. The average molecular weight is 287 g/mol. The van der Waals surface area contributed by atoms with E-state index in [2.05, 4.69) is 23.4 Å². The van der Waals surface area contributed by atoms with Crippen molar-refractivity contribution in [3.63, 3.8) is 0 Å². The summed E-state index contributed by atoms with van der Waals surface area (Å²) >= 11 is 0. The zero-order valence-corrected chi connectivity index (χ0v) is 13.6. The van der Waals surface area contributed by atoms with Crippen LogP contribution in [0.3, 0.4) is 0 Å². The molecule has 0 amide bonds. The fourth-order valence-electron chi connectivity index (χ4n) is 2.72. The Morgan fingerprint density at radius 1 is 1.14 bits per heavy atom. The van der Waals surface area contributed by atoms with Crippen LogP contribution >= 0.6 is 0 Å². The second kappa shape index (κ2) is 6.31. The lowest BCUT2D eigenvalue weighted by Crippen LogP contribution is -2.26. The van der Waals surface area contributed by atoms with Gasteiger partial charge in [-0.05, 0) is 39.1 Å². The van der Waals surface area contributed by atoms with Crippen molar-refractivity contribution < 1.29 is 0 Å². The summed E-state index contributed by atoms with van der Waals surface area (Å²) in [5, 5.41) is 0. The van der Waals surface area contributed by atoms with Crippen LogP contribution in [0.15, 0.2) is 35.1 Å². The van der Waals surface area contributed by atoms with Crippen LogP contribution in [-0.2, 0) is 6.54 Å². The van der Waals surface area contributed by atoms with E-state index >= 15 is 0 Å².